The fourth-order valence-corrected chi connectivity index (χ4v) is 4.21. The standard InChI is InChI=1S/C22H18N10O3/c1-35-15-11-25-21(32-7-6-26-29-32)18-17(15)13(10-24-18)19(33)22(34)30-8-9-31-16(12-30)27-28-20(31)14-4-2-3-5-23-14/h2-7,10-11,24H,8-9,12H2,1H3. The van der Waals surface area contributed by atoms with Gasteiger partial charge >= 0.3 is 0 Å². The number of nitrogens with one attached hydrogen (secondary N) is 1. The van der Waals surface area contributed by atoms with Crippen molar-refractivity contribution >= 4 is 22.6 Å². The van der Waals surface area contributed by atoms with Crippen molar-refractivity contribution in [3.63, 3.8) is 0 Å². The topological polar surface area (TPSA) is 150 Å². The highest BCUT2D eigenvalue weighted by atomic mass is 16.5. The highest BCUT2D eigenvalue weighted by molar-refractivity contribution is 6.45. The van der Waals surface area contributed by atoms with Crippen molar-refractivity contribution in [2.75, 3.05) is 13.7 Å². The van der Waals surface area contributed by atoms with E-state index in [1.165, 1.54) is 35.3 Å². The molecule has 1 N–H and O–H groups in total. The largest absolute Gasteiger partial charge is 0.494 e. The van der Waals surface area contributed by atoms with Crippen LogP contribution in [0.1, 0.15) is 16.2 Å². The highest BCUT2D eigenvalue weighted by Gasteiger charge is 2.32. The molecule has 1 aliphatic rings. The second kappa shape index (κ2) is 8.13. The zero-order valence-electron chi connectivity index (χ0n) is 18.5. The number of aromatic nitrogens is 9. The van der Waals surface area contributed by atoms with Gasteiger partial charge in [-0.3, -0.25) is 14.6 Å². The molecule has 6 rings (SSSR count). The molecule has 0 saturated carbocycles. The quantitative estimate of drug-likeness (QED) is 0.293. The first kappa shape index (κ1) is 20.7. The normalized spacial score (nSPS) is 13.1. The Labute approximate surface area is 197 Å². The van der Waals surface area contributed by atoms with E-state index < -0.39 is 11.7 Å². The number of ketones is 1. The third-order valence-corrected chi connectivity index (χ3v) is 5.89. The highest BCUT2D eigenvalue weighted by Crippen LogP contribution is 2.32. The molecule has 0 saturated heterocycles. The molecule has 0 unspecified atom stereocenters. The van der Waals surface area contributed by atoms with Gasteiger partial charge in [0.2, 0.25) is 0 Å². The van der Waals surface area contributed by atoms with Gasteiger partial charge in [0.05, 0.1) is 48.7 Å². The zero-order chi connectivity index (χ0) is 23.9. The van der Waals surface area contributed by atoms with Crippen LogP contribution >= 0.6 is 0 Å². The number of hydrogen-bond acceptors (Lipinski definition) is 9. The van der Waals surface area contributed by atoms with Crippen molar-refractivity contribution in [3.05, 3.63) is 60.6 Å². The minimum absolute atomic E-state index is 0.162. The molecule has 0 aliphatic carbocycles. The van der Waals surface area contributed by atoms with Crippen LogP contribution in [-0.2, 0) is 17.9 Å². The lowest BCUT2D eigenvalue weighted by molar-refractivity contribution is -0.127. The number of methoxy groups -OCH3 is 1. The van der Waals surface area contributed by atoms with Crippen molar-refractivity contribution in [2.24, 2.45) is 0 Å². The smallest absolute Gasteiger partial charge is 0.295 e. The molecule has 174 valence electrons. The van der Waals surface area contributed by atoms with E-state index in [1.807, 2.05) is 22.8 Å². The van der Waals surface area contributed by atoms with Crippen LogP contribution in [0.2, 0.25) is 0 Å². The van der Waals surface area contributed by atoms with Crippen molar-refractivity contribution in [1.29, 1.82) is 0 Å². The number of H-pyrrole nitrogens is 1. The summed E-state index contributed by atoms with van der Waals surface area (Å²) in [4.78, 5) is 39.8. The lowest BCUT2D eigenvalue weighted by Gasteiger charge is -2.27. The van der Waals surface area contributed by atoms with Crippen LogP contribution in [0.3, 0.4) is 0 Å². The number of nitrogens with zero attached hydrogens (tertiary/aromatic N) is 9. The van der Waals surface area contributed by atoms with E-state index in [2.05, 4.69) is 35.5 Å². The van der Waals surface area contributed by atoms with Crippen LogP contribution in [0.15, 0.2) is 49.2 Å². The van der Waals surface area contributed by atoms with Crippen LogP contribution in [0, 0.1) is 0 Å². The molecule has 6 heterocycles. The Morgan fingerprint density at radius 1 is 1.11 bits per heavy atom. The van der Waals surface area contributed by atoms with E-state index >= 15 is 0 Å². The summed E-state index contributed by atoms with van der Waals surface area (Å²) in [6.45, 7) is 0.946. The first-order chi connectivity index (χ1) is 17.2. The average Bonchev–Trinajstić information content (AvgIpc) is 3.67. The summed E-state index contributed by atoms with van der Waals surface area (Å²) in [6, 6.07) is 5.55. The number of aromatic amines is 1. The summed E-state index contributed by atoms with van der Waals surface area (Å²) < 4.78 is 8.81. The lowest BCUT2D eigenvalue weighted by atomic mass is 10.1. The minimum Gasteiger partial charge on any atom is -0.494 e. The molecule has 13 nitrogen and oxygen atoms in total. The summed E-state index contributed by atoms with van der Waals surface area (Å²) in [5.74, 6) is 0.710. The molecule has 0 bridgehead atoms. The van der Waals surface area contributed by atoms with Crippen LogP contribution in [-0.4, -0.2) is 75.0 Å². The van der Waals surface area contributed by atoms with E-state index in [9.17, 15) is 9.59 Å². The Bertz CT molecular complexity index is 1560. The Kier molecular flexibility index (Phi) is 4.80. The maximum atomic E-state index is 13.3. The molecule has 35 heavy (non-hydrogen) atoms. The number of rotatable bonds is 5. The maximum absolute atomic E-state index is 13.3. The number of Topliss-reactive ketones (excluding diaryl/α,β-unsaturated/α-hetero) is 1. The molecule has 13 heteroatoms. The second-order valence-electron chi connectivity index (χ2n) is 7.81. The van der Waals surface area contributed by atoms with Gasteiger partial charge in [0, 0.05) is 25.5 Å². The molecular weight excluding hydrogens is 452 g/mol. The van der Waals surface area contributed by atoms with Crippen molar-refractivity contribution in [2.45, 2.75) is 13.1 Å². The summed E-state index contributed by atoms with van der Waals surface area (Å²) in [5.41, 5.74) is 1.39. The van der Waals surface area contributed by atoms with E-state index in [0.717, 1.165) is 0 Å². The molecule has 0 radical (unpaired) electrons. The molecular formula is C22H18N10O3. The van der Waals surface area contributed by atoms with Gasteiger partial charge in [0.15, 0.2) is 17.5 Å². The molecule has 1 amide bonds. The second-order valence-corrected chi connectivity index (χ2v) is 7.81. The third-order valence-electron chi connectivity index (χ3n) is 5.89. The average molecular weight is 470 g/mol. The Morgan fingerprint density at radius 3 is 2.80 bits per heavy atom. The van der Waals surface area contributed by atoms with Crippen molar-refractivity contribution < 1.29 is 14.3 Å². The van der Waals surface area contributed by atoms with Gasteiger partial charge in [-0.2, -0.15) is 0 Å². The zero-order valence-corrected chi connectivity index (χ0v) is 18.5. The first-order valence-corrected chi connectivity index (χ1v) is 10.7. The summed E-state index contributed by atoms with van der Waals surface area (Å²) in [5, 5.41) is 16.7. The molecule has 0 atom stereocenters. The van der Waals surface area contributed by atoms with Gasteiger partial charge in [-0.15, -0.1) is 15.3 Å². The fourth-order valence-electron chi connectivity index (χ4n) is 4.21. The van der Waals surface area contributed by atoms with Gasteiger partial charge in [-0.05, 0) is 12.1 Å². The number of amides is 1. The molecule has 1 aliphatic heterocycles. The van der Waals surface area contributed by atoms with E-state index in [0.29, 0.717) is 52.9 Å². The maximum Gasteiger partial charge on any atom is 0.295 e. The first-order valence-electron chi connectivity index (χ1n) is 10.7. The Balaban J connectivity index is 1.31. The van der Waals surface area contributed by atoms with E-state index in [-0.39, 0.29) is 12.1 Å². The molecule has 0 fully saturated rings. The summed E-state index contributed by atoms with van der Waals surface area (Å²) in [6.07, 6.45) is 7.81. The van der Waals surface area contributed by atoms with Crippen LogP contribution in [0.25, 0.3) is 28.2 Å². The SMILES string of the molecule is COc1cnc(-n2ccnn2)c2[nH]cc(C(=O)C(=O)N3CCn4c(nnc4-c4ccccn4)C3)c12. The minimum atomic E-state index is -0.664. The Morgan fingerprint density at radius 2 is 2.03 bits per heavy atom. The molecule has 5 aromatic heterocycles. The third kappa shape index (κ3) is 3.32. The van der Waals surface area contributed by atoms with E-state index in [1.54, 1.807) is 12.4 Å². The number of carbonyl (C=O) groups excluding carboxylic acids is 2. The Hall–Kier alpha value is -4.94. The van der Waals surface area contributed by atoms with Gasteiger partial charge in [0.25, 0.3) is 11.7 Å². The van der Waals surface area contributed by atoms with Gasteiger partial charge in [-0.25, -0.2) is 9.67 Å². The van der Waals surface area contributed by atoms with Crippen molar-refractivity contribution in [3.8, 4) is 23.1 Å². The van der Waals surface area contributed by atoms with Gasteiger partial charge in [0.1, 0.15) is 11.4 Å². The molecule has 0 aromatic carbocycles. The van der Waals surface area contributed by atoms with Crippen LogP contribution in [0.5, 0.6) is 5.75 Å². The number of fused-ring (bicyclic) bond motifs is 2. The number of pyridine rings is 2. The molecule has 0 spiro atoms. The van der Waals surface area contributed by atoms with E-state index in [4.69, 9.17) is 4.74 Å². The summed E-state index contributed by atoms with van der Waals surface area (Å²) in [7, 11) is 1.48. The number of ether oxygens (including phenoxy) is 1. The van der Waals surface area contributed by atoms with Gasteiger partial charge < -0.3 is 19.2 Å². The number of hydrogen-bond donors (Lipinski definition) is 1. The lowest BCUT2D eigenvalue weighted by Crippen LogP contribution is -2.42. The monoisotopic (exact) mass is 470 g/mol. The van der Waals surface area contributed by atoms with Gasteiger partial charge in [-0.1, -0.05) is 11.3 Å². The predicted octanol–water partition coefficient (Wildman–Crippen LogP) is 1.03. The van der Waals surface area contributed by atoms with Crippen LogP contribution in [0.4, 0.5) is 0 Å². The number of carbonyl (C=O) groups is 2. The van der Waals surface area contributed by atoms with Crippen molar-refractivity contribution in [1.82, 2.24) is 49.6 Å². The van der Waals surface area contributed by atoms with Crippen LogP contribution < -0.4 is 4.74 Å². The summed E-state index contributed by atoms with van der Waals surface area (Å²) >= 11 is 0. The fraction of sp³-hybridized carbons (Fsp3) is 0.182. The molecule has 5 aromatic rings. The predicted molar refractivity (Wildman–Crippen MR) is 121 cm³/mol.